The number of nitrogens with two attached hydrogens (primary N) is 1. The number of hydrogen-bond acceptors (Lipinski definition) is 4. The summed E-state index contributed by atoms with van der Waals surface area (Å²) in [5.41, 5.74) is 7.06. The Bertz CT molecular complexity index is 570. The third-order valence-electron chi connectivity index (χ3n) is 2.62. The van der Waals surface area contributed by atoms with Crippen molar-refractivity contribution in [3.63, 3.8) is 0 Å². The second-order valence-corrected chi connectivity index (χ2v) is 3.92. The standard InChI is InChI=1S/C14H15N3O2/c1-18-13-8-11(14(15)16)2-3-12(13)19-9-10-4-6-17-7-5-10/h2-8H,9H2,1H3,(H3,15,16). The van der Waals surface area contributed by atoms with E-state index in [-0.39, 0.29) is 5.84 Å². The fourth-order valence-electron chi connectivity index (χ4n) is 1.59. The molecule has 3 N–H and O–H groups in total. The maximum atomic E-state index is 7.39. The molecule has 0 amide bonds. The van der Waals surface area contributed by atoms with Gasteiger partial charge in [-0.05, 0) is 35.9 Å². The van der Waals surface area contributed by atoms with E-state index in [4.69, 9.17) is 20.6 Å². The molecular formula is C14H15N3O2. The molecule has 1 heterocycles. The number of benzene rings is 1. The van der Waals surface area contributed by atoms with Gasteiger partial charge in [0.2, 0.25) is 0 Å². The zero-order chi connectivity index (χ0) is 13.7. The monoisotopic (exact) mass is 257 g/mol. The van der Waals surface area contributed by atoms with Crippen molar-refractivity contribution in [2.24, 2.45) is 5.73 Å². The fourth-order valence-corrected chi connectivity index (χ4v) is 1.59. The molecule has 19 heavy (non-hydrogen) atoms. The van der Waals surface area contributed by atoms with Gasteiger partial charge in [0.25, 0.3) is 0 Å². The van der Waals surface area contributed by atoms with Gasteiger partial charge in [-0.1, -0.05) is 0 Å². The van der Waals surface area contributed by atoms with E-state index in [0.29, 0.717) is 23.7 Å². The van der Waals surface area contributed by atoms with Crippen molar-refractivity contribution in [2.75, 3.05) is 7.11 Å². The van der Waals surface area contributed by atoms with E-state index in [1.165, 1.54) is 0 Å². The first-order valence-corrected chi connectivity index (χ1v) is 5.75. The van der Waals surface area contributed by atoms with Gasteiger partial charge in [-0.3, -0.25) is 10.4 Å². The van der Waals surface area contributed by atoms with E-state index in [2.05, 4.69) is 4.98 Å². The zero-order valence-corrected chi connectivity index (χ0v) is 10.6. The number of methoxy groups -OCH3 is 1. The summed E-state index contributed by atoms with van der Waals surface area (Å²) in [4.78, 5) is 3.95. The highest BCUT2D eigenvalue weighted by Gasteiger charge is 2.07. The summed E-state index contributed by atoms with van der Waals surface area (Å²) >= 11 is 0. The van der Waals surface area contributed by atoms with E-state index in [1.54, 1.807) is 37.7 Å². The number of nitrogen functional groups attached to an aromatic ring is 1. The van der Waals surface area contributed by atoms with E-state index in [0.717, 1.165) is 5.56 Å². The van der Waals surface area contributed by atoms with Gasteiger partial charge >= 0.3 is 0 Å². The lowest BCUT2D eigenvalue weighted by Crippen LogP contribution is -2.11. The lowest BCUT2D eigenvalue weighted by Gasteiger charge is -2.11. The second kappa shape index (κ2) is 5.86. The first kappa shape index (κ1) is 12.9. The third-order valence-corrected chi connectivity index (χ3v) is 2.62. The van der Waals surface area contributed by atoms with Crippen LogP contribution in [-0.4, -0.2) is 17.9 Å². The molecule has 5 nitrogen and oxygen atoms in total. The Morgan fingerprint density at radius 3 is 2.58 bits per heavy atom. The summed E-state index contributed by atoms with van der Waals surface area (Å²) in [6.45, 7) is 0.429. The van der Waals surface area contributed by atoms with Gasteiger partial charge in [0.15, 0.2) is 11.5 Å². The molecule has 5 heteroatoms. The number of amidine groups is 1. The molecule has 0 spiro atoms. The Balaban J connectivity index is 2.14. The highest BCUT2D eigenvalue weighted by molar-refractivity contribution is 5.95. The van der Waals surface area contributed by atoms with Gasteiger partial charge in [-0.15, -0.1) is 0 Å². The number of nitrogens with one attached hydrogen (secondary N) is 1. The molecule has 2 rings (SSSR count). The maximum absolute atomic E-state index is 7.39. The van der Waals surface area contributed by atoms with E-state index >= 15 is 0 Å². The minimum absolute atomic E-state index is 0.000941. The number of aromatic nitrogens is 1. The van der Waals surface area contributed by atoms with Crippen LogP contribution in [0.25, 0.3) is 0 Å². The number of nitrogens with zero attached hydrogens (tertiary/aromatic N) is 1. The fraction of sp³-hybridized carbons (Fsp3) is 0.143. The predicted octanol–water partition coefficient (Wildman–Crippen LogP) is 1.95. The lowest BCUT2D eigenvalue weighted by atomic mass is 10.2. The van der Waals surface area contributed by atoms with Crippen molar-refractivity contribution < 1.29 is 9.47 Å². The molecule has 0 aliphatic rings. The van der Waals surface area contributed by atoms with Gasteiger partial charge in [0.1, 0.15) is 12.4 Å². The molecule has 0 radical (unpaired) electrons. The first-order valence-electron chi connectivity index (χ1n) is 5.75. The van der Waals surface area contributed by atoms with Crippen LogP contribution in [0.15, 0.2) is 42.7 Å². The smallest absolute Gasteiger partial charge is 0.161 e. The SMILES string of the molecule is COc1cc(C(=N)N)ccc1OCc1ccncc1. The van der Waals surface area contributed by atoms with Crippen LogP contribution in [0.1, 0.15) is 11.1 Å². The Hall–Kier alpha value is -2.56. The van der Waals surface area contributed by atoms with Crippen LogP contribution in [-0.2, 0) is 6.61 Å². The normalized spacial score (nSPS) is 9.95. The Morgan fingerprint density at radius 1 is 1.21 bits per heavy atom. The van der Waals surface area contributed by atoms with Crippen LogP contribution >= 0.6 is 0 Å². The Kier molecular flexibility index (Phi) is 3.97. The number of pyridine rings is 1. The Labute approximate surface area is 111 Å². The summed E-state index contributed by atoms with van der Waals surface area (Å²) in [5.74, 6) is 1.17. The predicted molar refractivity (Wildman–Crippen MR) is 72.6 cm³/mol. The van der Waals surface area contributed by atoms with Crippen molar-refractivity contribution >= 4 is 5.84 Å². The van der Waals surface area contributed by atoms with Crippen LogP contribution in [0.4, 0.5) is 0 Å². The molecule has 0 bridgehead atoms. The molecular weight excluding hydrogens is 242 g/mol. The molecule has 0 fully saturated rings. The van der Waals surface area contributed by atoms with Gasteiger partial charge in [-0.25, -0.2) is 0 Å². The van der Waals surface area contributed by atoms with Crippen LogP contribution in [0.2, 0.25) is 0 Å². The summed E-state index contributed by atoms with van der Waals surface area (Å²) in [6.07, 6.45) is 3.43. The van der Waals surface area contributed by atoms with Gasteiger partial charge in [0, 0.05) is 18.0 Å². The van der Waals surface area contributed by atoms with Gasteiger partial charge in [-0.2, -0.15) is 0 Å². The molecule has 1 aromatic heterocycles. The van der Waals surface area contributed by atoms with Gasteiger partial charge < -0.3 is 15.2 Å². The molecule has 0 unspecified atom stereocenters. The van der Waals surface area contributed by atoms with Crippen molar-refractivity contribution in [1.82, 2.24) is 4.98 Å². The lowest BCUT2D eigenvalue weighted by molar-refractivity contribution is 0.284. The van der Waals surface area contributed by atoms with Crippen molar-refractivity contribution in [3.8, 4) is 11.5 Å². The number of rotatable bonds is 5. The average Bonchev–Trinajstić information content (AvgIpc) is 2.45. The third kappa shape index (κ3) is 3.22. The molecule has 98 valence electrons. The molecule has 0 aliphatic heterocycles. The van der Waals surface area contributed by atoms with Crippen molar-refractivity contribution in [1.29, 1.82) is 5.41 Å². The van der Waals surface area contributed by atoms with Crippen LogP contribution in [0.3, 0.4) is 0 Å². The molecule has 0 saturated heterocycles. The molecule has 0 saturated carbocycles. The van der Waals surface area contributed by atoms with E-state index in [1.807, 2.05) is 12.1 Å². The summed E-state index contributed by atoms with van der Waals surface area (Å²) in [6, 6.07) is 8.93. The summed E-state index contributed by atoms with van der Waals surface area (Å²) in [5, 5.41) is 7.39. The molecule has 1 aromatic carbocycles. The van der Waals surface area contributed by atoms with Crippen molar-refractivity contribution in [2.45, 2.75) is 6.61 Å². The first-order chi connectivity index (χ1) is 9.20. The summed E-state index contributed by atoms with van der Waals surface area (Å²) in [7, 11) is 1.55. The molecule has 0 aliphatic carbocycles. The van der Waals surface area contributed by atoms with E-state index in [9.17, 15) is 0 Å². The number of hydrogen-bond donors (Lipinski definition) is 2. The second-order valence-electron chi connectivity index (χ2n) is 3.92. The highest BCUT2D eigenvalue weighted by Crippen LogP contribution is 2.28. The van der Waals surface area contributed by atoms with E-state index < -0.39 is 0 Å². The summed E-state index contributed by atoms with van der Waals surface area (Å²) < 4.78 is 10.9. The number of ether oxygens (including phenoxy) is 2. The quantitative estimate of drug-likeness (QED) is 0.633. The van der Waals surface area contributed by atoms with Crippen LogP contribution in [0.5, 0.6) is 11.5 Å². The minimum Gasteiger partial charge on any atom is -0.493 e. The maximum Gasteiger partial charge on any atom is 0.161 e. The van der Waals surface area contributed by atoms with Crippen molar-refractivity contribution in [3.05, 3.63) is 53.9 Å². The van der Waals surface area contributed by atoms with Crippen LogP contribution < -0.4 is 15.2 Å². The average molecular weight is 257 g/mol. The minimum atomic E-state index is -0.000941. The van der Waals surface area contributed by atoms with Gasteiger partial charge in [0.05, 0.1) is 7.11 Å². The van der Waals surface area contributed by atoms with Crippen LogP contribution in [0, 0.1) is 5.41 Å². The largest absolute Gasteiger partial charge is 0.493 e. The topological polar surface area (TPSA) is 81.2 Å². The highest BCUT2D eigenvalue weighted by atomic mass is 16.5. The Morgan fingerprint density at radius 2 is 1.95 bits per heavy atom. The molecule has 0 atom stereocenters. The zero-order valence-electron chi connectivity index (χ0n) is 10.6. The molecule has 2 aromatic rings.